The van der Waals surface area contributed by atoms with E-state index in [0.29, 0.717) is 12.6 Å². The maximum absolute atomic E-state index is 4.94. The Labute approximate surface area is 173 Å². The fourth-order valence-electron chi connectivity index (χ4n) is 4.06. The standard InChI is InChI=1S/C21H32N8/c1-16-8-9-22-19(14-16)28-10-12-29(13-11-28)21(24-18-6-4-5-7-18)23-15-20-26-25-17(2)27(20)3/h8-9,14,18H,4-7,10-13,15H2,1-3H3,(H,23,24). The number of aryl methyl sites for hydroxylation is 2. The van der Waals surface area contributed by atoms with E-state index in [1.54, 1.807) is 0 Å². The Hall–Kier alpha value is -2.64. The van der Waals surface area contributed by atoms with Crippen LogP contribution in [0.2, 0.25) is 0 Å². The second-order valence-corrected chi connectivity index (χ2v) is 8.15. The molecule has 0 radical (unpaired) electrons. The first kappa shape index (κ1) is 19.7. The molecule has 0 aromatic carbocycles. The Morgan fingerprint density at radius 1 is 1.14 bits per heavy atom. The first-order valence-corrected chi connectivity index (χ1v) is 10.7. The van der Waals surface area contributed by atoms with E-state index < -0.39 is 0 Å². The van der Waals surface area contributed by atoms with Crippen LogP contribution >= 0.6 is 0 Å². The third-order valence-corrected chi connectivity index (χ3v) is 6.05. The molecule has 8 heteroatoms. The lowest BCUT2D eigenvalue weighted by atomic mass is 10.2. The third-order valence-electron chi connectivity index (χ3n) is 6.05. The Morgan fingerprint density at radius 3 is 2.55 bits per heavy atom. The SMILES string of the molecule is Cc1ccnc(N2CCN(C(=NCc3nnc(C)n3C)NC3CCCC3)CC2)c1. The summed E-state index contributed by atoms with van der Waals surface area (Å²) in [6.07, 6.45) is 6.97. The van der Waals surface area contributed by atoms with Crippen molar-refractivity contribution in [3.63, 3.8) is 0 Å². The molecule has 0 atom stereocenters. The highest BCUT2D eigenvalue weighted by atomic mass is 15.4. The summed E-state index contributed by atoms with van der Waals surface area (Å²) >= 11 is 0. The van der Waals surface area contributed by atoms with Gasteiger partial charge in [-0.3, -0.25) is 0 Å². The number of nitrogens with zero attached hydrogens (tertiary/aromatic N) is 7. The predicted molar refractivity (Wildman–Crippen MR) is 115 cm³/mol. The van der Waals surface area contributed by atoms with Crippen LogP contribution in [0.5, 0.6) is 0 Å². The summed E-state index contributed by atoms with van der Waals surface area (Å²) in [4.78, 5) is 14.2. The Bertz CT molecular complexity index is 844. The molecule has 0 amide bonds. The summed E-state index contributed by atoms with van der Waals surface area (Å²) in [5.74, 6) is 3.89. The number of anilines is 1. The van der Waals surface area contributed by atoms with Gasteiger partial charge in [0.15, 0.2) is 11.8 Å². The molecule has 1 aliphatic heterocycles. The van der Waals surface area contributed by atoms with E-state index >= 15 is 0 Å². The zero-order chi connectivity index (χ0) is 20.2. The van der Waals surface area contributed by atoms with E-state index in [-0.39, 0.29) is 0 Å². The van der Waals surface area contributed by atoms with Gasteiger partial charge in [0.25, 0.3) is 0 Å². The average molecular weight is 397 g/mol. The number of hydrogen-bond donors (Lipinski definition) is 1. The molecule has 29 heavy (non-hydrogen) atoms. The molecule has 3 heterocycles. The average Bonchev–Trinajstić information content (AvgIpc) is 3.36. The summed E-state index contributed by atoms with van der Waals surface area (Å²) in [7, 11) is 2.00. The van der Waals surface area contributed by atoms with Gasteiger partial charge in [0, 0.05) is 45.5 Å². The quantitative estimate of drug-likeness (QED) is 0.630. The minimum atomic E-state index is 0.534. The molecule has 0 bridgehead atoms. The molecule has 1 N–H and O–H groups in total. The van der Waals surface area contributed by atoms with Gasteiger partial charge in [0.05, 0.1) is 0 Å². The summed E-state index contributed by atoms with van der Waals surface area (Å²) < 4.78 is 2.01. The van der Waals surface area contributed by atoms with Crippen LogP contribution in [0.4, 0.5) is 5.82 Å². The van der Waals surface area contributed by atoms with Crippen molar-refractivity contribution in [3.05, 3.63) is 35.5 Å². The molecule has 2 aliphatic rings. The van der Waals surface area contributed by atoms with Gasteiger partial charge in [-0.15, -0.1) is 10.2 Å². The third kappa shape index (κ3) is 4.68. The van der Waals surface area contributed by atoms with E-state index in [2.05, 4.69) is 43.3 Å². The highest BCUT2D eigenvalue weighted by Gasteiger charge is 2.24. The molecule has 0 unspecified atom stereocenters. The van der Waals surface area contributed by atoms with Crippen molar-refractivity contribution in [1.82, 2.24) is 30.0 Å². The topological polar surface area (TPSA) is 74.5 Å². The van der Waals surface area contributed by atoms with E-state index in [1.807, 2.05) is 30.8 Å². The van der Waals surface area contributed by atoms with Crippen molar-refractivity contribution in [2.24, 2.45) is 12.0 Å². The van der Waals surface area contributed by atoms with Gasteiger partial charge < -0.3 is 19.7 Å². The summed E-state index contributed by atoms with van der Waals surface area (Å²) in [5, 5.41) is 12.2. The normalized spacial score (nSPS) is 18.5. The smallest absolute Gasteiger partial charge is 0.194 e. The Balaban J connectivity index is 1.44. The minimum Gasteiger partial charge on any atom is -0.353 e. The molecule has 2 fully saturated rings. The molecule has 156 valence electrons. The molecule has 2 aromatic heterocycles. The zero-order valence-corrected chi connectivity index (χ0v) is 17.8. The number of piperazine rings is 1. The van der Waals surface area contributed by atoms with Crippen molar-refractivity contribution in [1.29, 1.82) is 0 Å². The zero-order valence-electron chi connectivity index (χ0n) is 17.8. The monoisotopic (exact) mass is 396 g/mol. The van der Waals surface area contributed by atoms with Crippen molar-refractivity contribution in [2.75, 3.05) is 31.1 Å². The van der Waals surface area contributed by atoms with Crippen LogP contribution in [0.1, 0.15) is 42.9 Å². The summed E-state index contributed by atoms with van der Waals surface area (Å²) in [5.41, 5.74) is 1.25. The molecule has 1 aliphatic carbocycles. The lowest BCUT2D eigenvalue weighted by Gasteiger charge is -2.38. The van der Waals surface area contributed by atoms with E-state index in [1.165, 1.54) is 31.2 Å². The molecule has 1 saturated heterocycles. The molecule has 1 saturated carbocycles. The molecular weight excluding hydrogens is 364 g/mol. The predicted octanol–water partition coefficient (Wildman–Crippen LogP) is 2.04. The Morgan fingerprint density at radius 2 is 1.90 bits per heavy atom. The molecule has 8 nitrogen and oxygen atoms in total. The van der Waals surface area contributed by atoms with Crippen LogP contribution in [-0.4, -0.2) is 62.8 Å². The van der Waals surface area contributed by atoms with Gasteiger partial charge in [-0.05, 0) is 44.4 Å². The Kier molecular flexibility index (Phi) is 5.97. The molecular formula is C21H32N8. The number of aliphatic imine (C=N–C) groups is 1. The summed E-state index contributed by atoms with van der Waals surface area (Å²) in [6.45, 7) is 8.40. The number of hydrogen-bond acceptors (Lipinski definition) is 5. The lowest BCUT2D eigenvalue weighted by molar-refractivity contribution is 0.364. The van der Waals surface area contributed by atoms with Crippen LogP contribution < -0.4 is 10.2 Å². The minimum absolute atomic E-state index is 0.534. The van der Waals surface area contributed by atoms with Crippen molar-refractivity contribution in [3.8, 4) is 0 Å². The first-order valence-electron chi connectivity index (χ1n) is 10.7. The van der Waals surface area contributed by atoms with Gasteiger partial charge >= 0.3 is 0 Å². The van der Waals surface area contributed by atoms with Gasteiger partial charge in [-0.1, -0.05) is 12.8 Å². The first-order chi connectivity index (χ1) is 14.1. The number of nitrogens with one attached hydrogen (secondary N) is 1. The summed E-state index contributed by atoms with van der Waals surface area (Å²) in [6, 6.07) is 4.74. The second-order valence-electron chi connectivity index (χ2n) is 8.15. The van der Waals surface area contributed by atoms with E-state index in [4.69, 9.17) is 4.99 Å². The fourth-order valence-corrected chi connectivity index (χ4v) is 4.06. The van der Waals surface area contributed by atoms with Gasteiger partial charge in [-0.25, -0.2) is 9.98 Å². The largest absolute Gasteiger partial charge is 0.353 e. The van der Waals surface area contributed by atoms with Gasteiger partial charge in [-0.2, -0.15) is 0 Å². The molecule has 0 spiro atoms. The number of aromatic nitrogens is 4. The van der Waals surface area contributed by atoms with Crippen molar-refractivity contribution in [2.45, 2.75) is 52.1 Å². The lowest BCUT2D eigenvalue weighted by Crippen LogP contribution is -2.54. The van der Waals surface area contributed by atoms with Crippen LogP contribution in [0.25, 0.3) is 0 Å². The maximum Gasteiger partial charge on any atom is 0.194 e. The highest BCUT2D eigenvalue weighted by molar-refractivity contribution is 5.80. The van der Waals surface area contributed by atoms with E-state index in [9.17, 15) is 0 Å². The van der Waals surface area contributed by atoms with Crippen LogP contribution in [0.3, 0.4) is 0 Å². The number of guanidine groups is 1. The van der Waals surface area contributed by atoms with Crippen molar-refractivity contribution >= 4 is 11.8 Å². The highest BCUT2D eigenvalue weighted by Crippen LogP contribution is 2.19. The van der Waals surface area contributed by atoms with Crippen LogP contribution in [-0.2, 0) is 13.6 Å². The van der Waals surface area contributed by atoms with Crippen LogP contribution in [0.15, 0.2) is 23.3 Å². The molecule has 4 rings (SSSR count). The van der Waals surface area contributed by atoms with E-state index in [0.717, 1.165) is 49.6 Å². The number of rotatable bonds is 4. The molecule has 2 aromatic rings. The van der Waals surface area contributed by atoms with Gasteiger partial charge in [0.2, 0.25) is 0 Å². The van der Waals surface area contributed by atoms with Crippen LogP contribution in [0, 0.1) is 13.8 Å². The van der Waals surface area contributed by atoms with Gasteiger partial charge in [0.1, 0.15) is 18.2 Å². The maximum atomic E-state index is 4.94. The number of pyridine rings is 1. The van der Waals surface area contributed by atoms with Crippen molar-refractivity contribution < 1.29 is 0 Å². The fraction of sp³-hybridized carbons (Fsp3) is 0.619. The second kappa shape index (κ2) is 8.80.